The van der Waals surface area contributed by atoms with Crippen molar-refractivity contribution in [2.24, 2.45) is 5.41 Å². The summed E-state index contributed by atoms with van der Waals surface area (Å²) in [6, 6.07) is 0. The van der Waals surface area contributed by atoms with Gasteiger partial charge in [0.05, 0.1) is 0 Å². The highest BCUT2D eigenvalue weighted by molar-refractivity contribution is 5.82. The molecule has 13 heavy (non-hydrogen) atoms. The van der Waals surface area contributed by atoms with Gasteiger partial charge in [0.1, 0.15) is 5.54 Å². The van der Waals surface area contributed by atoms with Crippen molar-refractivity contribution in [1.82, 2.24) is 5.32 Å². The molecule has 1 saturated carbocycles. The highest BCUT2D eigenvalue weighted by Crippen LogP contribution is 2.41. The number of hydrogen-bond donors (Lipinski definition) is 1. The molecule has 1 amide bonds. The van der Waals surface area contributed by atoms with E-state index in [1.54, 1.807) is 20.8 Å². The number of nitrogens with one attached hydrogen (secondary N) is 1. The van der Waals surface area contributed by atoms with Crippen LogP contribution in [0.2, 0.25) is 0 Å². The van der Waals surface area contributed by atoms with Crippen molar-refractivity contribution >= 4 is 5.91 Å². The number of hydrogen-bond acceptors (Lipinski definition) is 1. The molecule has 1 rings (SSSR count). The number of alkyl halides is 2. The Morgan fingerprint density at radius 2 is 1.85 bits per heavy atom. The van der Waals surface area contributed by atoms with Crippen LogP contribution in [0.3, 0.4) is 0 Å². The third-order valence-corrected chi connectivity index (χ3v) is 2.25. The Kier molecular flexibility index (Phi) is 2.34. The lowest BCUT2D eigenvalue weighted by Gasteiger charge is -2.23. The first-order chi connectivity index (χ1) is 5.78. The predicted octanol–water partition coefficient (Wildman–Crippen LogP) is 1.95. The summed E-state index contributed by atoms with van der Waals surface area (Å²) in [7, 11) is 0. The molecule has 0 bridgehead atoms. The summed E-state index contributed by atoms with van der Waals surface area (Å²) in [6.07, 6.45) is -1.65. The smallest absolute Gasteiger partial charge is 0.261 e. The molecule has 0 unspecified atom stereocenters. The Labute approximate surface area is 76.7 Å². The molecular weight excluding hydrogens is 176 g/mol. The average molecular weight is 191 g/mol. The van der Waals surface area contributed by atoms with Gasteiger partial charge in [0.2, 0.25) is 5.91 Å². The normalized spacial score (nSPS) is 20.2. The summed E-state index contributed by atoms with van der Waals surface area (Å²) in [4.78, 5) is 11.4. The van der Waals surface area contributed by atoms with Crippen molar-refractivity contribution in [3.8, 4) is 0 Å². The highest BCUT2D eigenvalue weighted by Gasteiger charge is 2.53. The number of halogens is 2. The first-order valence-electron chi connectivity index (χ1n) is 4.39. The Bertz CT molecular complexity index is 216. The molecule has 0 aromatic heterocycles. The van der Waals surface area contributed by atoms with Crippen molar-refractivity contribution in [3.05, 3.63) is 0 Å². The first-order valence-corrected chi connectivity index (χ1v) is 4.39. The molecule has 0 heterocycles. The maximum absolute atomic E-state index is 12.4. The number of rotatable bonds is 2. The maximum atomic E-state index is 12.4. The lowest BCUT2D eigenvalue weighted by Crippen LogP contribution is -2.47. The van der Waals surface area contributed by atoms with Gasteiger partial charge >= 0.3 is 0 Å². The maximum Gasteiger partial charge on any atom is 0.261 e. The van der Waals surface area contributed by atoms with Crippen LogP contribution < -0.4 is 5.32 Å². The summed E-state index contributed by atoms with van der Waals surface area (Å²) < 4.78 is 24.8. The lowest BCUT2D eigenvalue weighted by molar-refractivity contribution is -0.131. The Morgan fingerprint density at radius 3 is 2.08 bits per heavy atom. The van der Waals surface area contributed by atoms with Crippen LogP contribution in [0.5, 0.6) is 0 Å². The fourth-order valence-corrected chi connectivity index (χ4v) is 0.946. The van der Waals surface area contributed by atoms with E-state index in [-0.39, 0.29) is 5.91 Å². The fourth-order valence-electron chi connectivity index (χ4n) is 0.946. The number of carbonyl (C=O) groups excluding carboxylic acids is 1. The standard InChI is InChI=1S/C9H15F2NO/c1-8(2,3)7(13)12-9(4-5-9)6(10)11/h6H,4-5H2,1-3H3,(H,12,13). The lowest BCUT2D eigenvalue weighted by atomic mass is 9.95. The minimum absolute atomic E-state index is 0.301. The molecule has 0 aromatic rings. The van der Waals surface area contributed by atoms with Gasteiger partial charge in [-0.25, -0.2) is 8.78 Å². The zero-order chi connectivity index (χ0) is 10.3. The number of carbonyl (C=O) groups is 1. The zero-order valence-corrected chi connectivity index (χ0v) is 8.16. The zero-order valence-electron chi connectivity index (χ0n) is 8.16. The van der Waals surface area contributed by atoms with E-state index in [1.165, 1.54) is 0 Å². The molecule has 2 nitrogen and oxygen atoms in total. The molecular formula is C9H15F2NO. The van der Waals surface area contributed by atoms with E-state index < -0.39 is 17.4 Å². The number of amides is 1. The van der Waals surface area contributed by atoms with Gasteiger partial charge in [0.15, 0.2) is 0 Å². The monoisotopic (exact) mass is 191 g/mol. The van der Waals surface area contributed by atoms with Crippen LogP contribution in [0.15, 0.2) is 0 Å². The van der Waals surface area contributed by atoms with Crippen LogP contribution >= 0.6 is 0 Å². The fraction of sp³-hybridized carbons (Fsp3) is 0.889. The first kappa shape index (κ1) is 10.4. The summed E-state index contributed by atoms with van der Waals surface area (Å²) in [5, 5.41) is 2.42. The van der Waals surface area contributed by atoms with E-state index in [1.807, 2.05) is 0 Å². The largest absolute Gasteiger partial charge is 0.344 e. The van der Waals surface area contributed by atoms with E-state index in [9.17, 15) is 13.6 Å². The molecule has 1 N–H and O–H groups in total. The third kappa shape index (κ3) is 2.17. The second kappa shape index (κ2) is 2.93. The van der Waals surface area contributed by atoms with Crippen LogP contribution in [0, 0.1) is 5.41 Å². The Morgan fingerprint density at radius 1 is 1.38 bits per heavy atom. The van der Waals surface area contributed by atoms with Crippen molar-refractivity contribution in [2.75, 3.05) is 0 Å². The molecule has 1 aliphatic carbocycles. The van der Waals surface area contributed by atoms with Crippen molar-refractivity contribution < 1.29 is 13.6 Å². The van der Waals surface area contributed by atoms with Gasteiger partial charge < -0.3 is 5.32 Å². The van der Waals surface area contributed by atoms with E-state index in [0.717, 1.165) is 0 Å². The van der Waals surface area contributed by atoms with Gasteiger partial charge in [0.25, 0.3) is 6.43 Å². The van der Waals surface area contributed by atoms with Gasteiger partial charge in [-0.05, 0) is 12.8 Å². The van der Waals surface area contributed by atoms with Crippen LogP contribution in [-0.4, -0.2) is 17.9 Å². The summed E-state index contributed by atoms with van der Waals surface area (Å²) >= 11 is 0. The van der Waals surface area contributed by atoms with Crippen molar-refractivity contribution in [1.29, 1.82) is 0 Å². The predicted molar refractivity (Wildman–Crippen MR) is 45.6 cm³/mol. The van der Waals surface area contributed by atoms with Crippen LogP contribution in [0.25, 0.3) is 0 Å². The third-order valence-electron chi connectivity index (χ3n) is 2.25. The molecule has 0 aromatic carbocycles. The highest BCUT2D eigenvalue weighted by atomic mass is 19.3. The molecule has 0 spiro atoms. The van der Waals surface area contributed by atoms with Crippen LogP contribution in [0.1, 0.15) is 33.6 Å². The Balaban J connectivity index is 2.55. The SMILES string of the molecule is CC(C)(C)C(=O)NC1(C(F)F)CC1. The minimum atomic E-state index is -2.45. The Hall–Kier alpha value is -0.670. The van der Waals surface area contributed by atoms with E-state index in [0.29, 0.717) is 12.8 Å². The summed E-state index contributed by atoms with van der Waals surface area (Å²) in [5.41, 5.74) is -1.80. The topological polar surface area (TPSA) is 29.1 Å². The quantitative estimate of drug-likeness (QED) is 0.710. The molecule has 0 aliphatic heterocycles. The molecule has 4 heteroatoms. The summed E-state index contributed by atoms with van der Waals surface area (Å²) in [6.45, 7) is 5.14. The van der Waals surface area contributed by atoms with Gasteiger partial charge in [-0.15, -0.1) is 0 Å². The van der Waals surface area contributed by atoms with E-state index >= 15 is 0 Å². The minimum Gasteiger partial charge on any atom is -0.344 e. The molecule has 0 radical (unpaired) electrons. The summed E-state index contributed by atoms with van der Waals surface area (Å²) in [5.74, 6) is -0.301. The second-order valence-electron chi connectivity index (χ2n) is 4.66. The van der Waals surface area contributed by atoms with Gasteiger partial charge in [-0.1, -0.05) is 20.8 Å². The average Bonchev–Trinajstić information content (AvgIpc) is 2.66. The van der Waals surface area contributed by atoms with Gasteiger partial charge in [-0.2, -0.15) is 0 Å². The molecule has 0 atom stereocenters. The molecule has 1 fully saturated rings. The van der Waals surface area contributed by atoms with Crippen molar-refractivity contribution in [3.63, 3.8) is 0 Å². The van der Waals surface area contributed by atoms with Gasteiger partial charge in [0, 0.05) is 5.41 Å². The van der Waals surface area contributed by atoms with Crippen LogP contribution in [-0.2, 0) is 4.79 Å². The molecule has 76 valence electrons. The molecule has 1 aliphatic rings. The van der Waals surface area contributed by atoms with E-state index in [4.69, 9.17) is 0 Å². The van der Waals surface area contributed by atoms with Gasteiger partial charge in [-0.3, -0.25) is 4.79 Å². The van der Waals surface area contributed by atoms with E-state index in [2.05, 4.69) is 5.32 Å². The molecule has 0 saturated heterocycles. The van der Waals surface area contributed by atoms with Crippen LogP contribution in [0.4, 0.5) is 8.78 Å². The van der Waals surface area contributed by atoms with Crippen molar-refractivity contribution in [2.45, 2.75) is 45.6 Å². The second-order valence-corrected chi connectivity index (χ2v) is 4.66.